The molecule has 1 aliphatic heterocycles. The van der Waals surface area contributed by atoms with Crippen molar-refractivity contribution in [1.29, 1.82) is 0 Å². The van der Waals surface area contributed by atoms with Gasteiger partial charge in [0.05, 0.1) is 13.0 Å². The molecule has 1 aliphatic rings. The van der Waals surface area contributed by atoms with Crippen LogP contribution >= 0.6 is 10.8 Å². The van der Waals surface area contributed by atoms with Gasteiger partial charge in [-0.3, -0.25) is 13.9 Å². The highest BCUT2D eigenvalue weighted by atomic mass is 32.3. The summed E-state index contributed by atoms with van der Waals surface area (Å²) in [5.74, 6) is -0.471. The van der Waals surface area contributed by atoms with E-state index in [9.17, 15) is 19.0 Å². The summed E-state index contributed by atoms with van der Waals surface area (Å²) in [7, 11) is -3.26. The fourth-order valence-corrected chi connectivity index (χ4v) is 6.50. The van der Waals surface area contributed by atoms with E-state index < -0.39 is 16.7 Å². The summed E-state index contributed by atoms with van der Waals surface area (Å²) in [6, 6.07) is 21.3. The van der Waals surface area contributed by atoms with Crippen molar-refractivity contribution in [2.24, 2.45) is 0 Å². The first-order valence-corrected chi connectivity index (χ1v) is 13.8. The van der Waals surface area contributed by atoms with Gasteiger partial charge in [-0.2, -0.15) is 4.31 Å². The molecule has 0 spiro atoms. The fraction of sp³-hybridized carbons (Fsp3) is 0.345. The van der Waals surface area contributed by atoms with Gasteiger partial charge in [0, 0.05) is 6.54 Å². The topological polar surface area (TPSA) is 90.2 Å². The number of para-hydroxylation sites is 1. The number of fused-ring (bicyclic) bond motifs is 1. The van der Waals surface area contributed by atoms with Gasteiger partial charge in [-0.25, -0.2) is 0 Å². The van der Waals surface area contributed by atoms with Crippen molar-refractivity contribution >= 4 is 16.7 Å². The number of carboxylic acids is 1. The molecule has 2 atom stereocenters. The molecule has 4 rings (SSSR count). The Morgan fingerprint density at radius 2 is 1.72 bits per heavy atom. The molecule has 0 saturated heterocycles. The van der Waals surface area contributed by atoms with E-state index in [-0.39, 0.29) is 18.4 Å². The van der Waals surface area contributed by atoms with Crippen LogP contribution in [0.5, 0.6) is 5.75 Å². The highest BCUT2D eigenvalue weighted by Gasteiger charge is 2.34. The number of hydrogen-bond donors (Lipinski definition) is 3. The molecule has 36 heavy (non-hydrogen) atoms. The fourth-order valence-electron chi connectivity index (χ4n) is 4.84. The monoisotopic (exact) mass is 509 g/mol. The van der Waals surface area contributed by atoms with E-state index in [4.69, 9.17) is 4.74 Å². The molecule has 1 heterocycles. The van der Waals surface area contributed by atoms with E-state index in [2.05, 4.69) is 19.1 Å². The highest BCUT2D eigenvalue weighted by Crippen LogP contribution is 2.57. The van der Waals surface area contributed by atoms with Gasteiger partial charge in [0.25, 0.3) is 0 Å². The summed E-state index contributed by atoms with van der Waals surface area (Å²) in [6.45, 7) is 6.67. The Hall–Kier alpha value is -2.84. The van der Waals surface area contributed by atoms with Crippen molar-refractivity contribution in [2.75, 3.05) is 6.54 Å². The van der Waals surface area contributed by atoms with E-state index in [0.717, 1.165) is 29.5 Å². The molecule has 6 nitrogen and oxygen atoms in total. The molecule has 0 bridgehead atoms. The minimum Gasteiger partial charge on any atom is -0.487 e. The van der Waals surface area contributed by atoms with E-state index in [1.54, 1.807) is 22.5 Å². The first kappa shape index (κ1) is 26.2. The predicted molar refractivity (Wildman–Crippen MR) is 144 cm³/mol. The van der Waals surface area contributed by atoms with Crippen LogP contribution in [0.4, 0.5) is 0 Å². The summed E-state index contributed by atoms with van der Waals surface area (Å²) < 4.78 is 30.2. The molecular formula is C29H35NO5S. The number of nitrogens with zero attached hydrogens (tertiary/aromatic N) is 1. The summed E-state index contributed by atoms with van der Waals surface area (Å²) in [5.41, 5.74) is 5.37. The van der Waals surface area contributed by atoms with Crippen LogP contribution in [0, 0.1) is 13.8 Å². The first-order chi connectivity index (χ1) is 17.1. The smallest absolute Gasteiger partial charge is 0.303 e. The van der Waals surface area contributed by atoms with Crippen molar-refractivity contribution in [1.82, 2.24) is 4.31 Å². The lowest BCUT2D eigenvalue weighted by molar-refractivity contribution is -0.137. The van der Waals surface area contributed by atoms with Crippen molar-refractivity contribution in [3.05, 3.63) is 94.5 Å². The molecule has 3 N–H and O–H groups in total. The van der Waals surface area contributed by atoms with E-state index in [1.165, 1.54) is 11.1 Å². The number of carboxylic acid groups (broad SMARTS) is 1. The lowest BCUT2D eigenvalue weighted by Gasteiger charge is -2.42. The Morgan fingerprint density at radius 1 is 1.03 bits per heavy atom. The Morgan fingerprint density at radius 3 is 2.47 bits per heavy atom. The second-order valence-electron chi connectivity index (χ2n) is 9.66. The Kier molecular flexibility index (Phi) is 8.05. The van der Waals surface area contributed by atoms with Gasteiger partial charge in [-0.15, -0.1) is 10.8 Å². The van der Waals surface area contributed by atoms with Gasteiger partial charge in [-0.1, -0.05) is 54.6 Å². The van der Waals surface area contributed by atoms with Gasteiger partial charge in [-0.05, 0) is 79.5 Å². The molecule has 192 valence electrons. The number of benzene rings is 3. The number of aryl methyl sites for hydroxylation is 3. The molecule has 0 aliphatic carbocycles. The largest absolute Gasteiger partial charge is 0.487 e. The van der Waals surface area contributed by atoms with Crippen molar-refractivity contribution < 1.29 is 23.7 Å². The van der Waals surface area contributed by atoms with Crippen LogP contribution in [0.1, 0.15) is 53.5 Å². The van der Waals surface area contributed by atoms with Crippen molar-refractivity contribution in [2.45, 2.75) is 63.5 Å². The van der Waals surface area contributed by atoms with E-state index in [1.807, 2.05) is 50.2 Å². The van der Waals surface area contributed by atoms with Crippen molar-refractivity contribution in [3.63, 3.8) is 0 Å². The Balaban J connectivity index is 1.61. The summed E-state index contributed by atoms with van der Waals surface area (Å²) in [4.78, 5) is 12.1. The summed E-state index contributed by atoms with van der Waals surface area (Å²) in [5, 5.41) is 9.62. The molecule has 2 unspecified atom stereocenters. The second-order valence-corrected chi connectivity index (χ2v) is 11.7. The van der Waals surface area contributed by atoms with Gasteiger partial charge in [0.2, 0.25) is 0 Å². The van der Waals surface area contributed by atoms with Gasteiger partial charge < -0.3 is 9.84 Å². The molecule has 0 fully saturated rings. The molecule has 0 aromatic heterocycles. The SMILES string of the molecule is Cc1ccccc1CCC(CC(=O)O)c1ccc(C)c(CN2CC(C)Oc3ccccc3S2(O)O)c1. The van der Waals surface area contributed by atoms with Crippen molar-refractivity contribution in [3.8, 4) is 5.75 Å². The Labute approximate surface area is 215 Å². The molecule has 3 aromatic rings. The lowest BCUT2D eigenvalue weighted by atomic mass is 9.87. The third-order valence-electron chi connectivity index (χ3n) is 6.93. The number of aliphatic carboxylic acids is 1. The predicted octanol–water partition coefficient (Wildman–Crippen LogP) is 6.80. The first-order valence-electron chi connectivity index (χ1n) is 12.3. The third kappa shape index (κ3) is 5.93. The minimum absolute atomic E-state index is 0.0472. The zero-order valence-corrected chi connectivity index (χ0v) is 21.9. The van der Waals surface area contributed by atoms with Crippen LogP contribution in [-0.4, -0.2) is 37.1 Å². The summed E-state index contributed by atoms with van der Waals surface area (Å²) >= 11 is 0. The number of hydrogen-bond acceptors (Lipinski definition) is 5. The average Bonchev–Trinajstić information content (AvgIpc) is 2.92. The van der Waals surface area contributed by atoms with E-state index >= 15 is 0 Å². The van der Waals surface area contributed by atoms with E-state index in [0.29, 0.717) is 23.7 Å². The van der Waals surface area contributed by atoms with Crippen LogP contribution in [0.15, 0.2) is 71.6 Å². The molecular weight excluding hydrogens is 474 g/mol. The van der Waals surface area contributed by atoms with Gasteiger partial charge >= 0.3 is 5.97 Å². The number of ether oxygens (including phenoxy) is 1. The minimum atomic E-state index is -3.26. The molecule has 0 radical (unpaired) electrons. The second kappa shape index (κ2) is 11.0. The van der Waals surface area contributed by atoms with Gasteiger partial charge in [0.1, 0.15) is 16.7 Å². The zero-order valence-electron chi connectivity index (χ0n) is 21.1. The molecule has 0 amide bonds. The van der Waals surface area contributed by atoms with Gasteiger partial charge in [0.15, 0.2) is 0 Å². The maximum absolute atomic E-state index is 11.7. The zero-order chi connectivity index (χ0) is 25.9. The number of rotatable bonds is 8. The van der Waals surface area contributed by atoms with Crippen LogP contribution in [-0.2, 0) is 17.8 Å². The van der Waals surface area contributed by atoms with Crippen LogP contribution in [0.25, 0.3) is 0 Å². The maximum Gasteiger partial charge on any atom is 0.303 e. The molecule has 7 heteroatoms. The normalized spacial score (nSPS) is 19.0. The number of carbonyl (C=O) groups is 1. The molecule has 0 saturated carbocycles. The maximum atomic E-state index is 11.7. The highest BCUT2D eigenvalue weighted by molar-refractivity contribution is 8.22. The third-order valence-corrected chi connectivity index (χ3v) is 8.85. The summed E-state index contributed by atoms with van der Waals surface area (Å²) in [6.07, 6.45) is 1.34. The van der Waals surface area contributed by atoms with Crippen LogP contribution in [0.2, 0.25) is 0 Å². The van der Waals surface area contributed by atoms with Crippen LogP contribution < -0.4 is 4.74 Å². The quantitative estimate of drug-likeness (QED) is 0.309. The Bertz CT molecular complexity index is 1230. The average molecular weight is 510 g/mol. The lowest BCUT2D eigenvalue weighted by Crippen LogP contribution is -2.33. The van der Waals surface area contributed by atoms with Crippen LogP contribution in [0.3, 0.4) is 0 Å². The molecule has 3 aromatic carbocycles. The standard InChI is InChI=1S/C29H35NO5S/c1-20-8-4-5-9-23(20)14-15-25(17-29(31)32)24-13-12-21(2)26(16-24)19-30-18-22(3)35-27-10-6-7-11-28(27)36(30,33)34/h4-13,16,22,25,33-34H,14-15,17-19H2,1-3H3,(H,31,32).